The Morgan fingerprint density at radius 2 is 1.87 bits per heavy atom. The third-order valence-electron chi connectivity index (χ3n) is 4.63. The van der Waals surface area contributed by atoms with Crippen LogP contribution in [0.3, 0.4) is 0 Å². The van der Waals surface area contributed by atoms with Gasteiger partial charge < -0.3 is 14.8 Å². The van der Waals surface area contributed by atoms with Crippen LogP contribution in [-0.2, 0) is 13.6 Å². The first-order chi connectivity index (χ1) is 10.5. The van der Waals surface area contributed by atoms with Crippen LogP contribution in [0.5, 0.6) is 0 Å². The number of aliphatic imine (C=N–C) groups is 1. The van der Waals surface area contributed by atoms with Crippen molar-refractivity contribution in [3.8, 4) is 0 Å². The fraction of sp³-hybridized carbons (Fsp3) is 0.812. The van der Waals surface area contributed by atoms with Crippen molar-refractivity contribution in [2.75, 3.05) is 13.1 Å². The summed E-state index contributed by atoms with van der Waals surface area (Å²) in [6.45, 7) is 9.43. The van der Waals surface area contributed by atoms with Crippen molar-refractivity contribution < 1.29 is 0 Å². The van der Waals surface area contributed by atoms with E-state index in [9.17, 15) is 0 Å². The summed E-state index contributed by atoms with van der Waals surface area (Å²) < 4.78 is 2.01. The highest BCUT2D eigenvalue weighted by Crippen LogP contribution is 2.23. The van der Waals surface area contributed by atoms with E-state index in [0.717, 1.165) is 42.5 Å². The van der Waals surface area contributed by atoms with E-state index in [4.69, 9.17) is 4.99 Å². The molecule has 2 atom stereocenters. The highest BCUT2D eigenvalue weighted by molar-refractivity contribution is 14.0. The summed E-state index contributed by atoms with van der Waals surface area (Å²) in [6.07, 6.45) is 3.85. The van der Waals surface area contributed by atoms with Gasteiger partial charge in [0.1, 0.15) is 12.4 Å². The SMILES string of the molecule is Cc1nnc(CN=C(NC2CC2)N2CC(C)CC(C)C2)n1C.I. The number of hydrogen-bond acceptors (Lipinski definition) is 3. The minimum Gasteiger partial charge on any atom is -0.353 e. The van der Waals surface area contributed by atoms with Gasteiger partial charge in [0.25, 0.3) is 0 Å². The molecule has 1 saturated carbocycles. The summed E-state index contributed by atoms with van der Waals surface area (Å²) in [4.78, 5) is 7.28. The highest BCUT2D eigenvalue weighted by atomic mass is 127. The van der Waals surface area contributed by atoms with Crippen LogP contribution in [0.25, 0.3) is 0 Å². The normalized spacial score (nSPS) is 25.2. The van der Waals surface area contributed by atoms with E-state index in [0.29, 0.717) is 12.6 Å². The summed E-state index contributed by atoms with van der Waals surface area (Å²) in [6, 6.07) is 0.618. The van der Waals surface area contributed by atoms with Crippen LogP contribution >= 0.6 is 24.0 Å². The number of nitrogens with zero attached hydrogens (tertiary/aromatic N) is 5. The van der Waals surface area contributed by atoms with Gasteiger partial charge in [-0.2, -0.15) is 0 Å². The smallest absolute Gasteiger partial charge is 0.194 e. The van der Waals surface area contributed by atoms with Crippen LogP contribution in [0, 0.1) is 18.8 Å². The van der Waals surface area contributed by atoms with Crippen molar-refractivity contribution >= 4 is 29.9 Å². The van der Waals surface area contributed by atoms with Crippen LogP contribution in [0.2, 0.25) is 0 Å². The lowest BCUT2D eigenvalue weighted by atomic mass is 9.92. The van der Waals surface area contributed by atoms with Crippen molar-refractivity contribution in [2.45, 2.75) is 52.6 Å². The summed E-state index contributed by atoms with van der Waals surface area (Å²) >= 11 is 0. The molecule has 1 aromatic rings. The van der Waals surface area contributed by atoms with Crippen LogP contribution in [0.15, 0.2) is 4.99 Å². The predicted octanol–water partition coefficient (Wildman–Crippen LogP) is 2.33. The molecule has 3 rings (SSSR count). The Kier molecular flexibility index (Phi) is 6.27. The van der Waals surface area contributed by atoms with E-state index < -0.39 is 0 Å². The highest BCUT2D eigenvalue weighted by Gasteiger charge is 2.28. The summed E-state index contributed by atoms with van der Waals surface area (Å²) in [7, 11) is 2.00. The number of hydrogen-bond donors (Lipinski definition) is 1. The average Bonchev–Trinajstić information content (AvgIpc) is 3.22. The van der Waals surface area contributed by atoms with Gasteiger partial charge in [-0.1, -0.05) is 13.8 Å². The van der Waals surface area contributed by atoms with Gasteiger partial charge >= 0.3 is 0 Å². The molecule has 2 fully saturated rings. The van der Waals surface area contributed by atoms with E-state index in [-0.39, 0.29) is 24.0 Å². The van der Waals surface area contributed by atoms with Crippen molar-refractivity contribution in [3.05, 3.63) is 11.6 Å². The number of guanidine groups is 1. The summed E-state index contributed by atoms with van der Waals surface area (Å²) in [5, 5.41) is 11.9. The lowest BCUT2D eigenvalue weighted by Crippen LogP contribution is -2.49. The second-order valence-corrected chi connectivity index (χ2v) is 7.13. The molecular formula is C16H29IN6. The Bertz CT molecular complexity index is 541. The Labute approximate surface area is 156 Å². The molecule has 2 aliphatic rings. The minimum absolute atomic E-state index is 0. The minimum atomic E-state index is 0. The van der Waals surface area contributed by atoms with Gasteiger partial charge in [0, 0.05) is 26.2 Å². The maximum Gasteiger partial charge on any atom is 0.194 e. The molecule has 0 radical (unpaired) electrons. The Morgan fingerprint density at radius 1 is 1.22 bits per heavy atom. The summed E-state index contributed by atoms with van der Waals surface area (Å²) in [5.74, 6) is 4.37. The van der Waals surface area contributed by atoms with Gasteiger partial charge in [-0.25, -0.2) is 4.99 Å². The number of likely N-dealkylation sites (tertiary alicyclic amines) is 1. The number of nitrogens with one attached hydrogen (secondary N) is 1. The first kappa shape index (κ1) is 18.5. The third kappa shape index (κ3) is 4.81. The standard InChI is InChI=1S/C16H28N6.HI/c1-11-7-12(2)10-22(9-11)16(18-14-5-6-14)17-8-15-20-19-13(3)21(15)4;/h11-12,14H,5-10H2,1-4H3,(H,17,18);1H. The summed E-state index contributed by atoms with van der Waals surface area (Å²) in [5.41, 5.74) is 0. The number of rotatable bonds is 3. The zero-order chi connectivity index (χ0) is 15.7. The average molecular weight is 432 g/mol. The number of aromatic nitrogens is 3. The molecule has 0 amide bonds. The molecule has 1 N–H and O–H groups in total. The van der Waals surface area contributed by atoms with Crippen molar-refractivity contribution in [2.24, 2.45) is 23.9 Å². The number of aryl methyl sites for hydroxylation is 1. The monoisotopic (exact) mass is 432 g/mol. The van der Waals surface area contributed by atoms with Gasteiger partial charge in [-0.3, -0.25) is 0 Å². The van der Waals surface area contributed by atoms with Gasteiger partial charge in [0.2, 0.25) is 0 Å². The zero-order valence-corrected chi connectivity index (χ0v) is 16.9. The molecule has 6 nitrogen and oxygen atoms in total. The van der Waals surface area contributed by atoms with Gasteiger partial charge in [0.05, 0.1) is 0 Å². The molecule has 7 heteroatoms. The fourth-order valence-corrected chi connectivity index (χ4v) is 3.22. The van der Waals surface area contributed by atoms with Crippen molar-refractivity contribution in [1.29, 1.82) is 0 Å². The van der Waals surface area contributed by atoms with E-state index in [1.54, 1.807) is 0 Å². The van der Waals surface area contributed by atoms with E-state index in [1.165, 1.54) is 19.3 Å². The van der Waals surface area contributed by atoms with E-state index >= 15 is 0 Å². The third-order valence-corrected chi connectivity index (χ3v) is 4.63. The molecule has 1 aliphatic heterocycles. The first-order valence-electron chi connectivity index (χ1n) is 8.43. The molecule has 23 heavy (non-hydrogen) atoms. The van der Waals surface area contributed by atoms with E-state index in [1.807, 2.05) is 18.5 Å². The Morgan fingerprint density at radius 3 is 2.39 bits per heavy atom. The second-order valence-electron chi connectivity index (χ2n) is 7.13. The van der Waals surface area contributed by atoms with Crippen LogP contribution in [0.4, 0.5) is 0 Å². The van der Waals surface area contributed by atoms with Crippen LogP contribution in [-0.4, -0.2) is 44.8 Å². The van der Waals surface area contributed by atoms with Gasteiger partial charge in [0.15, 0.2) is 11.8 Å². The molecule has 0 spiro atoms. The number of halogens is 1. The lowest BCUT2D eigenvalue weighted by Gasteiger charge is -2.37. The largest absolute Gasteiger partial charge is 0.353 e. The second kappa shape index (κ2) is 7.81. The fourth-order valence-electron chi connectivity index (χ4n) is 3.22. The number of piperidine rings is 1. The van der Waals surface area contributed by atoms with Gasteiger partial charge in [-0.15, -0.1) is 34.2 Å². The molecule has 1 aromatic heterocycles. The lowest BCUT2D eigenvalue weighted by molar-refractivity contribution is 0.208. The molecule has 1 saturated heterocycles. The van der Waals surface area contributed by atoms with Crippen LogP contribution in [0.1, 0.15) is 44.8 Å². The maximum absolute atomic E-state index is 4.85. The van der Waals surface area contributed by atoms with Crippen LogP contribution < -0.4 is 5.32 Å². The Balaban J connectivity index is 0.00000192. The maximum atomic E-state index is 4.85. The van der Waals surface area contributed by atoms with Crippen molar-refractivity contribution in [1.82, 2.24) is 25.0 Å². The molecular weight excluding hydrogens is 403 g/mol. The Hall–Kier alpha value is -0.860. The van der Waals surface area contributed by atoms with Crippen molar-refractivity contribution in [3.63, 3.8) is 0 Å². The molecule has 2 heterocycles. The zero-order valence-electron chi connectivity index (χ0n) is 14.6. The molecule has 0 aromatic carbocycles. The topological polar surface area (TPSA) is 58.3 Å². The molecule has 2 unspecified atom stereocenters. The molecule has 1 aliphatic carbocycles. The molecule has 130 valence electrons. The first-order valence-corrected chi connectivity index (χ1v) is 8.43. The molecule has 0 bridgehead atoms. The predicted molar refractivity (Wildman–Crippen MR) is 103 cm³/mol. The van der Waals surface area contributed by atoms with E-state index in [2.05, 4.69) is 34.3 Å². The quantitative estimate of drug-likeness (QED) is 0.453. The van der Waals surface area contributed by atoms with Gasteiger partial charge in [-0.05, 0) is 38.0 Å².